The number of amides is 1. The number of benzene rings is 2. The first-order valence-electron chi connectivity index (χ1n) is 7.47. The summed E-state index contributed by atoms with van der Waals surface area (Å²) in [5, 5.41) is 3.52. The molecule has 1 aliphatic rings. The molecule has 1 heterocycles. The maximum Gasteiger partial charge on any atom is 0.227 e. The fourth-order valence-corrected chi connectivity index (χ4v) is 2.88. The molecule has 0 aromatic heterocycles. The maximum atomic E-state index is 13.2. The second-order valence-electron chi connectivity index (χ2n) is 5.77. The van der Waals surface area contributed by atoms with Crippen LogP contribution in [0.4, 0.5) is 4.39 Å². The Morgan fingerprint density at radius 3 is 2.96 bits per heavy atom. The summed E-state index contributed by atoms with van der Waals surface area (Å²) in [6.45, 7) is 2.43. The molecule has 0 spiro atoms. The van der Waals surface area contributed by atoms with Gasteiger partial charge in [-0.05, 0) is 54.3 Å². The van der Waals surface area contributed by atoms with Crippen molar-refractivity contribution in [2.24, 2.45) is 5.92 Å². The number of halogens is 2. The van der Waals surface area contributed by atoms with E-state index in [1.165, 1.54) is 6.07 Å². The van der Waals surface area contributed by atoms with E-state index in [1.807, 2.05) is 12.1 Å². The minimum Gasteiger partial charge on any atom is -0.492 e. The van der Waals surface area contributed by atoms with Gasteiger partial charge in [-0.3, -0.25) is 4.79 Å². The van der Waals surface area contributed by atoms with Gasteiger partial charge >= 0.3 is 0 Å². The summed E-state index contributed by atoms with van der Waals surface area (Å²) in [5.41, 5.74) is 2.39. The van der Waals surface area contributed by atoms with Gasteiger partial charge in [0.15, 0.2) is 0 Å². The average molecular weight is 334 g/mol. The highest BCUT2D eigenvalue weighted by molar-refractivity contribution is 6.30. The quantitative estimate of drug-likeness (QED) is 0.931. The van der Waals surface area contributed by atoms with Gasteiger partial charge in [-0.1, -0.05) is 23.7 Å². The first-order valence-corrected chi connectivity index (χ1v) is 7.84. The van der Waals surface area contributed by atoms with Crippen LogP contribution in [0.2, 0.25) is 5.02 Å². The lowest BCUT2D eigenvalue weighted by molar-refractivity contribution is -0.126. The smallest absolute Gasteiger partial charge is 0.227 e. The molecule has 120 valence electrons. The summed E-state index contributed by atoms with van der Waals surface area (Å²) in [7, 11) is 0. The molecule has 5 heteroatoms. The zero-order chi connectivity index (χ0) is 16.4. The highest BCUT2D eigenvalue weighted by atomic mass is 35.5. The third kappa shape index (κ3) is 3.64. The summed E-state index contributed by atoms with van der Waals surface area (Å²) in [6.07, 6.45) is 0.601. The van der Waals surface area contributed by atoms with E-state index < -0.39 is 0 Å². The molecular formula is C18H17ClFNO2. The minimum absolute atomic E-state index is 0.0717. The van der Waals surface area contributed by atoms with Crippen molar-refractivity contribution < 1.29 is 13.9 Å². The molecule has 0 radical (unpaired) electrons. The van der Waals surface area contributed by atoms with Crippen LogP contribution in [0.3, 0.4) is 0 Å². The molecule has 2 aromatic rings. The molecule has 1 amide bonds. The molecular weight excluding hydrogens is 317 g/mol. The van der Waals surface area contributed by atoms with Gasteiger partial charge < -0.3 is 10.1 Å². The number of hydrogen-bond acceptors (Lipinski definition) is 2. The van der Waals surface area contributed by atoms with Crippen LogP contribution in [0, 0.1) is 18.7 Å². The van der Waals surface area contributed by atoms with E-state index in [9.17, 15) is 9.18 Å². The number of aryl methyl sites for hydroxylation is 1. The Bertz CT molecular complexity index is 748. The molecule has 1 atom stereocenters. The molecule has 1 aliphatic heterocycles. The van der Waals surface area contributed by atoms with Crippen molar-refractivity contribution >= 4 is 17.5 Å². The Morgan fingerprint density at radius 2 is 2.17 bits per heavy atom. The lowest BCUT2D eigenvalue weighted by Crippen LogP contribution is -2.37. The zero-order valence-electron chi connectivity index (χ0n) is 12.7. The number of hydrogen-bond donors (Lipinski definition) is 1. The second kappa shape index (κ2) is 6.59. The van der Waals surface area contributed by atoms with Crippen LogP contribution in [0.25, 0.3) is 0 Å². The number of carbonyl (C=O) groups is 1. The SMILES string of the molecule is Cc1cc(CNC(=O)[C@@H]2COc3ccc(Cl)cc3C2)ccc1F. The molecule has 0 fully saturated rings. The van der Waals surface area contributed by atoms with Crippen LogP contribution in [0.1, 0.15) is 16.7 Å². The lowest BCUT2D eigenvalue weighted by Gasteiger charge is -2.24. The molecule has 23 heavy (non-hydrogen) atoms. The van der Waals surface area contributed by atoms with E-state index in [-0.39, 0.29) is 17.6 Å². The first-order chi connectivity index (χ1) is 11.0. The van der Waals surface area contributed by atoms with Gasteiger partial charge in [0.25, 0.3) is 0 Å². The van der Waals surface area contributed by atoms with Crippen LogP contribution in [-0.4, -0.2) is 12.5 Å². The van der Waals surface area contributed by atoms with E-state index in [4.69, 9.17) is 16.3 Å². The van der Waals surface area contributed by atoms with E-state index >= 15 is 0 Å². The molecule has 3 nitrogen and oxygen atoms in total. The molecule has 0 aliphatic carbocycles. The van der Waals surface area contributed by atoms with E-state index in [0.29, 0.717) is 30.2 Å². The third-order valence-corrected chi connectivity index (χ3v) is 4.22. The second-order valence-corrected chi connectivity index (χ2v) is 6.20. The van der Waals surface area contributed by atoms with Crippen LogP contribution >= 0.6 is 11.6 Å². The summed E-state index contributed by atoms with van der Waals surface area (Å²) in [6, 6.07) is 10.3. The summed E-state index contributed by atoms with van der Waals surface area (Å²) in [4.78, 5) is 12.3. The van der Waals surface area contributed by atoms with Gasteiger partial charge in [0.05, 0.1) is 5.92 Å². The van der Waals surface area contributed by atoms with Gasteiger partial charge in [0.1, 0.15) is 18.2 Å². The Kier molecular flexibility index (Phi) is 4.53. The molecule has 0 unspecified atom stereocenters. The monoisotopic (exact) mass is 333 g/mol. The van der Waals surface area contributed by atoms with E-state index in [0.717, 1.165) is 16.9 Å². The zero-order valence-corrected chi connectivity index (χ0v) is 13.5. The predicted molar refractivity (Wildman–Crippen MR) is 87.1 cm³/mol. The van der Waals surface area contributed by atoms with Crippen molar-refractivity contribution in [3.8, 4) is 5.75 Å². The highest BCUT2D eigenvalue weighted by Gasteiger charge is 2.26. The predicted octanol–water partition coefficient (Wildman–Crippen LogP) is 3.66. The van der Waals surface area contributed by atoms with Gasteiger partial charge in [0.2, 0.25) is 5.91 Å². The molecule has 0 bridgehead atoms. The number of carbonyl (C=O) groups excluding carboxylic acids is 1. The Balaban J connectivity index is 1.62. The van der Waals surface area contributed by atoms with Crippen molar-refractivity contribution in [2.45, 2.75) is 19.9 Å². The van der Waals surface area contributed by atoms with Crippen molar-refractivity contribution in [3.05, 3.63) is 63.9 Å². The number of nitrogens with one attached hydrogen (secondary N) is 1. The van der Waals surface area contributed by atoms with Crippen molar-refractivity contribution in [3.63, 3.8) is 0 Å². The highest BCUT2D eigenvalue weighted by Crippen LogP contribution is 2.29. The lowest BCUT2D eigenvalue weighted by atomic mass is 9.96. The Labute approximate surface area is 139 Å². The van der Waals surface area contributed by atoms with E-state index in [1.54, 1.807) is 25.1 Å². The van der Waals surface area contributed by atoms with Gasteiger partial charge in [-0.15, -0.1) is 0 Å². The third-order valence-electron chi connectivity index (χ3n) is 3.99. The van der Waals surface area contributed by atoms with Crippen LogP contribution in [0.15, 0.2) is 36.4 Å². The van der Waals surface area contributed by atoms with Crippen LogP contribution < -0.4 is 10.1 Å². The molecule has 1 N–H and O–H groups in total. The fraction of sp³-hybridized carbons (Fsp3) is 0.278. The standard InChI is InChI=1S/C18H17ClFNO2/c1-11-6-12(2-4-16(11)20)9-21-18(22)14-7-13-8-15(19)3-5-17(13)23-10-14/h2-6,8,14H,7,9-10H2,1H3,(H,21,22)/t14-/m0/s1. The van der Waals surface area contributed by atoms with Crippen molar-refractivity contribution in [1.82, 2.24) is 5.32 Å². The largest absolute Gasteiger partial charge is 0.492 e. The number of fused-ring (bicyclic) bond motifs is 1. The average Bonchev–Trinajstić information content (AvgIpc) is 2.55. The summed E-state index contributed by atoms with van der Waals surface area (Å²) in [5.74, 6) is 0.224. The molecule has 0 saturated heterocycles. The van der Waals surface area contributed by atoms with Crippen molar-refractivity contribution in [1.29, 1.82) is 0 Å². The van der Waals surface area contributed by atoms with Crippen LogP contribution in [-0.2, 0) is 17.8 Å². The minimum atomic E-state index is -0.248. The van der Waals surface area contributed by atoms with Crippen molar-refractivity contribution in [2.75, 3.05) is 6.61 Å². The van der Waals surface area contributed by atoms with Crippen LogP contribution in [0.5, 0.6) is 5.75 Å². The van der Waals surface area contributed by atoms with Gasteiger partial charge in [-0.2, -0.15) is 0 Å². The van der Waals surface area contributed by atoms with Gasteiger partial charge in [-0.25, -0.2) is 4.39 Å². The fourth-order valence-electron chi connectivity index (χ4n) is 2.68. The maximum absolute atomic E-state index is 13.2. The normalized spacial score (nSPS) is 16.4. The van der Waals surface area contributed by atoms with Gasteiger partial charge in [0, 0.05) is 11.6 Å². The molecule has 0 saturated carbocycles. The first kappa shape index (κ1) is 15.8. The summed E-state index contributed by atoms with van der Waals surface area (Å²) < 4.78 is 18.9. The number of rotatable bonds is 3. The Morgan fingerprint density at radius 1 is 1.35 bits per heavy atom. The topological polar surface area (TPSA) is 38.3 Å². The molecule has 3 rings (SSSR count). The molecule has 2 aromatic carbocycles. The number of ether oxygens (including phenoxy) is 1. The Hall–Kier alpha value is -2.07. The van der Waals surface area contributed by atoms with E-state index in [2.05, 4.69) is 5.32 Å². The summed E-state index contributed by atoms with van der Waals surface area (Å²) >= 11 is 5.99.